The Kier molecular flexibility index (Phi) is 4.49. The molecular formula is C19H21N5O3. The molecule has 0 radical (unpaired) electrons. The molecule has 140 valence electrons. The number of hydrogen-bond donors (Lipinski definition) is 2. The molecule has 0 aliphatic carbocycles. The molecule has 27 heavy (non-hydrogen) atoms. The zero-order valence-electron chi connectivity index (χ0n) is 15.3. The Morgan fingerprint density at radius 3 is 2.93 bits per heavy atom. The van der Waals surface area contributed by atoms with Gasteiger partial charge in [0.1, 0.15) is 5.39 Å². The van der Waals surface area contributed by atoms with Crippen LogP contribution in [0.1, 0.15) is 24.0 Å². The average Bonchev–Trinajstić information content (AvgIpc) is 3.15. The lowest BCUT2D eigenvalue weighted by Gasteiger charge is -2.12. The molecule has 1 aliphatic rings. The largest absolute Gasteiger partial charge is 0.376 e. The number of benzene rings is 1. The van der Waals surface area contributed by atoms with E-state index in [9.17, 15) is 9.59 Å². The number of H-pyrrole nitrogens is 1. The van der Waals surface area contributed by atoms with E-state index in [0.717, 1.165) is 35.1 Å². The Hall–Kier alpha value is -3.00. The molecule has 8 heteroatoms. The molecular weight excluding hydrogens is 346 g/mol. The number of nitrogens with one attached hydrogen (secondary N) is 2. The third-order valence-corrected chi connectivity index (χ3v) is 4.76. The maximum absolute atomic E-state index is 12.9. The summed E-state index contributed by atoms with van der Waals surface area (Å²) in [6, 6.07) is 5.57. The molecule has 0 bridgehead atoms. The van der Waals surface area contributed by atoms with E-state index in [-0.39, 0.29) is 17.1 Å². The van der Waals surface area contributed by atoms with Gasteiger partial charge in [0.05, 0.1) is 11.8 Å². The maximum Gasteiger partial charge on any atom is 0.334 e. The molecule has 2 aromatic heterocycles. The highest BCUT2D eigenvalue weighted by atomic mass is 16.5. The summed E-state index contributed by atoms with van der Waals surface area (Å²) in [6.07, 6.45) is 3.63. The first-order valence-corrected chi connectivity index (χ1v) is 8.98. The number of aromatic nitrogens is 4. The third kappa shape index (κ3) is 3.35. The second-order valence-corrected chi connectivity index (χ2v) is 6.83. The molecule has 1 atom stereocenters. The summed E-state index contributed by atoms with van der Waals surface area (Å²) in [4.78, 5) is 36.7. The van der Waals surface area contributed by atoms with Crippen LogP contribution < -0.4 is 16.6 Å². The lowest BCUT2D eigenvalue weighted by atomic mass is 10.1. The van der Waals surface area contributed by atoms with Gasteiger partial charge in [-0.05, 0) is 38.3 Å². The zero-order chi connectivity index (χ0) is 19.0. The predicted molar refractivity (Wildman–Crippen MR) is 103 cm³/mol. The molecule has 0 amide bonds. The first kappa shape index (κ1) is 17.4. The summed E-state index contributed by atoms with van der Waals surface area (Å²) in [7, 11) is 0. The molecule has 1 saturated heterocycles. The number of rotatable bonds is 4. The van der Waals surface area contributed by atoms with E-state index in [1.165, 1.54) is 6.20 Å². The number of nitrogens with zero attached hydrogens (tertiary/aromatic N) is 3. The number of aromatic amines is 1. The van der Waals surface area contributed by atoms with E-state index >= 15 is 0 Å². The minimum absolute atomic E-state index is 0.140. The van der Waals surface area contributed by atoms with Crippen LogP contribution in [0.3, 0.4) is 0 Å². The molecule has 2 N–H and O–H groups in total. The summed E-state index contributed by atoms with van der Waals surface area (Å²) < 4.78 is 6.68. The van der Waals surface area contributed by atoms with Gasteiger partial charge in [-0.15, -0.1) is 0 Å². The van der Waals surface area contributed by atoms with Gasteiger partial charge in [-0.25, -0.2) is 14.3 Å². The van der Waals surface area contributed by atoms with Crippen LogP contribution in [0.25, 0.3) is 16.7 Å². The maximum atomic E-state index is 12.9. The van der Waals surface area contributed by atoms with Gasteiger partial charge in [0, 0.05) is 19.3 Å². The SMILES string of the molecule is Cc1ccc(-n2c(=O)[nH]c3nc(NCC4CCCO4)ncc3c2=O)c(C)c1. The van der Waals surface area contributed by atoms with Crippen LogP contribution in [0.15, 0.2) is 34.0 Å². The molecule has 0 spiro atoms. The Morgan fingerprint density at radius 2 is 2.19 bits per heavy atom. The average molecular weight is 367 g/mol. The molecule has 1 unspecified atom stereocenters. The number of hydrogen-bond acceptors (Lipinski definition) is 6. The van der Waals surface area contributed by atoms with Gasteiger partial charge in [0.15, 0.2) is 5.65 Å². The summed E-state index contributed by atoms with van der Waals surface area (Å²) in [5.74, 6) is 0.359. The summed E-state index contributed by atoms with van der Waals surface area (Å²) in [5.41, 5.74) is 1.71. The fraction of sp³-hybridized carbons (Fsp3) is 0.368. The Labute approximate surface area is 155 Å². The van der Waals surface area contributed by atoms with E-state index in [0.29, 0.717) is 18.2 Å². The van der Waals surface area contributed by atoms with Gasteiger partial charge in [-0.3, -0.25) is 9.78 Å². The van der Waals surface area contributed by atoms with Crippen molar-refractivity contribution in [3.05, 3.63) is 56.4 Å². The highest BCUT2D eigenvalue weighted by Crippen LogP contribution is 2.15. The molecule has 3 heterocycles. The molecule has 3 aromatic rings. The fourth-order valence-electron chi connectivity index (χ4n) is 3.37. The number of anilines is 1. The van der Waals surface area contributed by atoms with Crippen LogP contribution in [0.2, 0.25) is 0 Å². The molecule has 1 fully saturated rings. The fourth-order valence-corrected chi connectivity index (χ4v) is 3.37. The van der Waals surface area contributed by atoms with Crippen LogP contribution >= 0.6 is 0 Å². The highest BCUT2D eigenvalue weighted by molar-refractivity contribution is 5.73. The zero-order valence-corrected chi connectivity index (χ0v) is 15.3. The van der Waals surface area contributed by atoms with Crippen molar-refractivity contribution in [2.24, 2.45) is 0 Å². The van der Waals surface area contributed by atoms with Gasteiger partial charge < -0.3 is 10.1 Å². The van der Waals surface area contributed by atoms with Gasteiger partial charge in [0.2, 0.25) is 5.95 Å². The van der Waals surface area contributed by atoms with E-state index in [2.05, 4.69) is 20.3 Å². The van der Waals surface area contributed by atoms with Crippen molar-refractivity contribution in [3.8, 4) is 5.69 Å². The molecule has 4 rings (SSSR count). The standard InChI is InChI=1S/C19H21N5O3/c1-11-5-6-15(12(2)8-11)24-17(25)14-10-21-18(22-16(14)23-19(24)26)20-9-13-4-3-7-27-13/h5-6,8,10,13H,3-4,7,9H2,1-2H3,(H2,20,21,22,23,26). The minimum Gasteiger partial charge on any atom is -0.376 e. The van der Waals surface area contributed by atoms with Crippen molar-refractivity contribution in [2.45, 2.75) is 32.8 Å². The van der Waals surface area contributed by atoms with Crippen LogP contribution in [-0.2, 0) is 4.74 Å². The van der Waals surface area contributed by atoms with Crippen molar-refractivity contribution in [1.29, 1.82) is 0 Å². The third-order valence-electron chi connectivity index (χ3n) is 4.76. The van der Waals surface area contributed by atoms with Crippen LogP contribution in [0.5, 0.6) is 0 Å². The first-order chi connectivity index (χ1) is 13.0. The van der Waals surface area contributed by atoms with Crippen molar-refractivity contribution in [1.82, 2.24) is 19.5 Å². The van der Waals surface area contributed by atoms with Crippen LogP contribution in [0.4, 0.5) is 5.95 Å². The predicted octanol–water partition coefficient (Wildman–Crippen LogP) is 1.68. The highest BCUT2D eigenvalue weighted by Gasteiger charge is 2.16. The quantitative estimate of drug-likeness (QED) is 0.727. The molecule has 8 nitrogen and oxygen atoms in total. The van der Waals surface area contributed by atoms with Crippen molar-refractivity contribution in [2.75, 3.05) is 18.5 Å². The van der Waals surface area contributed by atoms with Crippen molar-refractivity contribution >= 4 is 17.0 Å². The van der Waals surface area contributed by atoms with Crippen LogP contribution in [-0.4, -0.2) is 38.8 Å². The number of ether oxygens (including phenoxy) is 1. The van der Waals surface area contributed by atoms with Gasteiger partial charge in [0.25, 0.3) is 5.56 Å². The van der Waals surface area contributed by atoms with Crippen molar-refractivity contribution in [3.63, 3.8) is 0 Å². The Morgan fingerprint density at radius 1 is 1.33 bits per heavy atom. The Bertz CT molecular complexity index is 1110. The first-order valence-electron chi connectivity index (χ1n) is 8.98. The number of aryl methyl sites for hydroxylation is 2. The molecule has 0 saturated carbocycles. The van der Waals surface area contributed by atoms with E-state index < -0.39 is 11.2 Å². The lowest BCUT2D eigenvalue weighted by molar-refractivity contribution is 0.120. The summed E-state index contributed by atoms with van der Waals surface area (Å²) in [6.45, 7) is 5.20. The van der Waals surface area contributed by atoms with E-state index in [1.54, 1.807) is 6.07 Å². The molecule has 1 aromatic carbocycles. The van der Waals surface area contributed by atoms with Gasteiger partial charge in [-0.1, -0.05) is 17.7 Å². The monoisotopic (exact) mass is 367 g/mol. The van der Waals surface area contributed by atoms with Crippen molar-refractivity contribution < 1.29 is 4.74 Å². The smallest absolute Gasteiger partial charge is 0.334 e. The van der Waals surface area contributed by atoms with Gasteiger partial charge >= 0.3 is 5.69 Å². The van der Waals surface area contributed by atoms with E-state index in [1.807, 2.05) is 26.0 Å². The Balaban J connectivity index is 1.72. The second kappa shape index (κ2) is 6.96. The van der Waals surface area contributed by atoms with Crippen LogP contribution in [0, 0.1) is 13.8 Å². The second-order valence-electron chi connectivity index (χ2n) is 6.83. The number of fused-ring (bicyclic) bond motifs is 1. The minimum atomic E-state index is -0.525. The summed E-state index contributed by atoms with van der Waals surface area (Å²) >= 11 is 0. The van der Waals surface area contributed by atoms with Gasteiger partial charge in [-0.2, -0.15) is 4.98 Å². The molecule has 1 aliphatic heterocycles. The van der Waals surface area contributed by atoms with E-state index in [4.69, 9.17) is 4.74 Å². The lowest BCUT2D eigenvalue weighted by Crippen LogP contribution is -2.34. The topological polar surface area (TPSA) is 102 Å². The normalized spacial score (nSPS) is 16.7. The summed E-state index contributed by atoms with van der Waals surface area (Å²) in [5, 5.41) is 3.36.